The maximum atomic E-state index is 11.7. The van der Waals surface area contributed by atoms with Crippen LogP contribution in [-0.2, 0) is 4.79 Å². The highest BCUT2D eigenvalue weighted by Gasteiger charge is 2.69. The van der Waals surface area contributed by atoms with E-state index in [-0.39, 0.29) is 16.0 Å². The zero-order valence-corrected chi connectivity index (χ0v) is 9.76. The van der Waals surface area contributed by atoms with E-state index in [9.17, 15) is 9.90 Å². The van der Waals surface area contributed by atoms with E-state index in [4.69, 9.17) is 0 Å². The molecule has 0 aromatic rings. The molecule has 2 aliphatic rings. The molecule has 0 heterocycles. The van der Waals surface area contributed by atoms with Crippen LogP contribution in [0.25, 0.3) is 0 Å². The molecule has 2 bridgehead atoms. The fraction of sp³-hybridized carbons (Fsp3) is 0.900. The van der Waals surface area contributed by atoms with Gasteiger partial charge in [-0.15, -0.1) is 0 Å². The zero-order chi connectivity index (χ0) is 10.0. The highest BCUT2D eigenvalue weighted by atomic mass is 79.9. The second-order valence-electron chi connectivity index (χ2n) is 5.05. The number of aliphatic hydroxyl groups excluding tert-OH is 1. The van der Waals surface area contributed by atoms with Crippen LogP contribution >= 0.6 is 15.9 Å². The van der Waals surface area contributed by atoms with Crippen molar-refractivity contribution in [2.75, 3.05) is 0 Å². The lowest BCUT2D eigenvalue weighted by molar-refractivity contribution is -0.134. The first kappa shape index (κ1) is 9.66. The number of ketones is 1. The van der Waals surface area contributed by atoms with Crippen LogP contribution in [0, 0.1) is 16.7 Å². The Kier molecular flexibility index (Phi) is 1.76. The topological polar surface area (TPSA) is 37.3 Å². The molecule has 13 heavy (non-hydrogen) atoms. The van der Waals surface area contributed by atoms with Gasteiger partial charge in [0.15, 0.2) is 0 Å². The molecule has 0 radical (unpaired) electrons. The summed E-state index contributed by atoms with van der Waals surface area (Å²) in [5, 5.41) is 9.99. The van der Waals surface area contributed by atoms with Crippen LogP contribution in [0.2, 0.25) is 0 Å². The first-order valence-corrected chi connectivity index (χ1v) is 5.60. The number of halogens is 1. The summed E-state index contributed by atoms with van der Waals surface area (Å²) in [4.78, 5) is 11.8. The van der Waals surface area contributed by atoms with Crippen molar-refractivity contribution in [1.29, 1.82) is 0 Å². The van der Waals surface area contributed by atoms with Crippen molar-refractivity contribution in [2.45, 2.75) is 38.1 Å². The summed E-state index contributed by atoms with van der Waals surface area (Å²) >= 11 is 3.50. The van der Waals surface area contributed by atoms with Gasteiger partial charge in [-0.05, 0) is 18.3 Å². The number of hydrogen-bond acceptors (Lipinski definition) is 2. The van der Waals surface area contributed by atoms with E-state index >= 15 is 0 Å². The summed E-state index contributed by atoms with van der Waals surface area (Å²) in [5.41, 5.74) is -0.608. The quantitative estimate of drug-likeness (QED) is 0.662. The Morgan fingerprint density at radius 3 is 2.31 bits per heavy atom. The summed E-state index contributed by atoms with van der Waals surface area (Å²) in [6.07, 6.45) is 0.102. The van der Waals surface area contributed by atoms with Gasteiger partial charge in [0, 0.05) is 11.2 Å². The number of carbonyl (C=O) groups is 1. The van der Waals surface area contributed by atoms with Gasteiger partial charge < -0.3 is 5.11 Å². The minimum Gasteiger partial charge on any atom is -0.391 e. The largest absolute Gasteiger partial charge is 0.391 e. The first-order chi connectivity index (χ1) is 5.83. The molecule has 1 N–H and O–H groups in total. The Morgan fingerprint density at radius 2 is 2.00 bits per heavy atom. The minimum atomic E-state index is -0.536. The molecule has 2 fully saturated rings. The number of rotatable bonds is 0. The van der Waals surface area contributed by atoms with Crippen molar-refractivity contribution in [3.63, 3.8) is 0 Å². The smallest absolute Gasteiger partial charge is 0.142 e. The summed E-state index contributed by atoms with van der Waals surface area (Å²) in [7, 11) is 0. The zero-order valence-electron chi connectivity index (χ0n) is 8.17. The van der Waals surface area contributed by atoms with Crippen molar-refractivity contribution in [3.05, 3.63) is 0 Å². The molecule has 4 unspecified atom stereocenters. The average molecular weight is 247 g/mol. The van der Waals surface area contributed by atoms with E-state index in [0.29, 0.717) is 12.3 Å². The summed E-state index contributed by atoms with van der Waals surface area (Å²) in [6, 6.07) is 0. The molecule has 0 aromatic carbocycles. The monoisotopic (exact) mass is 246 g/mol. The Morgan fingerprint density at radius 1 is 1.46 bits per heavy atom. The third kappa shape index (κ3) is 0.809. The summed E-state index contributed by atoms with van der Waals surface area (Å²) in [6.45, 7) is 6.08. The van der Waals surface area contributed by atoms with Crippen molar-refractivity contribution < 1.29 is 9.90 Å². The first-order valence-electron chi connectivity index (χ1n) is 4.69. The lowest BCUT2D eigenvalue weighted by atomic mass is 9.69. The predicted molar refractivity (Wildman–Crippen MR) is 53.7 cm³/mol. The van der Waals surface area contributed by atoms with Gasteiger partial charge in [0.2, 0.25) is 0 Å². The molecule has 0 aromatic heterocycles. The molecule has 0 amide bonds. The maximum absolute atomic E-state index is 11.7. The molecular weight excluding hydrogens is 232 g/mol. The third-order valence-electron chi connectivity index (χ3n) is 4.53. The Balaban J connectivity index is 2.54. The Labute approximate surface area is 86.8 Å². The standard InChI is InChI=1S/C10H15BrO2/c1-9(2)5-4-6(12)10(9,3)8(13)7(5)11/h5,7-8,13H,4H2,1-3H3. The van der Waals surface area contributed by atoms with Gasteiger partial charge in [0.25, 0.3) is 0 Å². The third-order valence-corrected chi connectivity index (χ3v) is 5.67. The van der Waals surface area contributed by atoms with Crippen LogP contribution in [0.4, 0.5) is 0 Å². The number of alkyl halides is 1. The van der Waals surface area contributed by atoms with Crippen LogP contribution in [0.15, 0.2) is 0 Å². The number of hydrogen-bond donors (Lipinski definition) is 1. The SMILES string of the molecule is CC1(C)C2CC(=O)C1(C)C(O)C2Br. The highest BCUT2D eigenvalue weighted by molar-refractivity contribution is 9.09. The minimum absolute atomic E-state index is 0.0718. The number of carbonyl (C=O) groups excluding carboxylic acids is 1. The van der Waals surface area contributed by atoms with E-state index in [0.717, 1.165) is 0 Å². The maximum Gasteiger partial charge on any atom is 0.142 e. The molecule has 0 aliphatic heterocycles. The number of fused-ring (bicyclic) bond motifs is 2. The van der Waals surface area contributed by atoms with Crippen molar-refractivity contribution in [1.82, 2.24) is 0 Å². The van der Waals surface area contributed by atoms with Crippen molar-refractivity contribution in [2.24, 2.45) is 16.7 Å². The molecule has 74 valence electrons. The molecule has 2 nitrogen and oxygen atoms in total. The molecule has 0 spiro atoms. The van der Waals surface area contributed by atoms with Gasteiger partial charge in [0.1, 0.15) is 5.78 Å². The van der Waals surface area contributed by atoms with E-state index in [1.165, 1.54) is 0 Å². The van der Waals surface area contributed by atoms with E-state index in [2.05, 4.69) is 29.8 Å². The molecule has 4 atom stereocenters. The fourth-order valence-corrected chi connectivity index (χ4v) is 4.38. The number of aliphatic hydroxyl groups is 1. The van der Waals surface area contributed by atoms with Gasteiger partial charge >= 0.3 is 0 Å². The van der Waals surface area contributed by atoms with E-state index in [1.807, 2.05) is 6.92 Å². The molecule has 2 rings (SSSR count). The van der Waals surface area contributed by atoms with Crippen molar-refractivity contribution in [3.8, 4) is 0 Å². The Bertz CT molecular complexity index is 274. The molecular formula is C10H15BrO2. The van der Waals surface area contributed by atoms with Gasteiger partial charge in [-0.2, -0.15) is 0 Å². The summed E-state index contributed by atoms with van der Waals surface area (Å²) in [5.74, 6) is 0.519. The van der Waals surface area contributed by atoms with Crippen LogP contribution in [0.5, 0.6) is 0 Å². The fourth-order valence-electron chi connectivity index (χ4n) is 3.01. The van der Waals surface area contributed by atoms with Crippen LogP contribution in [0.3, 0.4) is 0 Å². The number of Topliss-reactive ketones (excluding diaryl/α,β-unsaturated/α-hetero) is 1. The normalized spacial score (nSPS) is 53.0. The molecule has 2 aliphatic carbocycles. The Hall–Kier alpha value is 0.110. The predicted octanol–water partition coefficient (Wildman–Crippen LogP) is 1.75. The van der Waals surface area contributed by atoms with E-state index in [1.54, 1.807) is 0 Å². The van der Waals surface area contributed by atoms with Gasteiger partial charge in [-0.1, -0.05) is 29.8 Å². The second kappa shape index (κ2) is 2.37. The second-order valence-corrected chi connectivity index (χ2v) is 6.10. The molecule has 3 heteroatoms. The van der Waals surface area contributed by atoms with Crippen LogP contribution in [0.1, 0.15) is 27.2 Å². The lowest BCUT2D eigenvalue weighted by Gasteiger charge is -2.34. The highest BCUT2D eigenvalue weighted by Crippen LogP contribution is 2.65. The van der Waals surface area contributed by atoms with E-state index < -0.39 is 11.5 Å². The average Bonchev–Trinajstić information content (AvgIpc) is 2.28. The van der Waals surface area contributed by atoms with Crippen LogP contribution in [-0.4, -0.2) is 21.8 Å². The van der Waals surface area contributed by atoms with Gasteiger partial charge in [0.05, 0.1) is 11.5 Å². The van der Waals surface area contributed by atoms with Gasteiger partial charge in [-0.3, -0.25) is 4.79 Å². The summed E-state index contributed by atoms with van der Waals surface area (Å²) < 4.78 is 0. The molecule has 2 saturated carbocycles. The molecule has 0 saturated heterocycles. The van der Waals surface area contributed by atoms with Crippen LogP contribution < -0.4 is 0 Å². The van der Waals surface area contributed by atoms with Gasteiger partial charge in [-0.25, -0.2) is 0 Å². The lowest BCUT2D eigenvalue weighted by Crippen LogP contribution is -2.44. The van der Waals surface area contributed by atoms with Crippen molar-refractivity contribution >= 4 is 21.7 Å².